The normalized spacial score (nSPS) is 10.4. The highest BCUT2D eigenvalue weighted by molar-refractivity contribution is 5.87. The molecule has 8 heteroatoms. The minimum Gasteiger partial charge on any atom is -0.411 e. The molecule has 0 fully saturated rings. The van der Waals surface area contributed by atoms with Crippen LogP contribution in [0, 0.1) is 20.2 Å². The molecule has 0 saturated heterocycles. The fourth-order valence-corrected chi connectivity index (χ4v) is 1.06. The van der Waals surface area contributed by atoms with Gasteiger partial charge in [-0.1, -0.05) is 11.2 Å². The van der Waals surface area contributed by atoms with Crippen molar-refractivity contribution in [1.29, 1.82) is 0 Å². The summed E-state index contributed by atoms with van der Waals surface area (Å²) in [4.78, 5) is 19.3. The Morgan fingerprint density at radius 3 is 2.40 bits per heavy atom. The Kier molecular flexibility index (Phi) is 2.91. The third-order valence-electron chi connectivity index (χ3n) is 1.62. The van der Waals surface area contributed by atoms with Crippen molar-refractivity contribution in [3.8, 4) is 0 Å². The van der Waals surface area contributed by atoms with Crippen molar-refractivity contribution in [2.75, 3.05) is 0 Å². The van der Waals surface area contributed by atoms with Gasteiger partial charge in [0.05, 0.1) is 21.6 Å². The first-order valence-electron chi connectivity index (χ1n) is 3.67. The molecule has 0 radical (unpaired) electrons. The molecule has 0 spiro atoms. The molecule has 0 heterocycles. The number of nitro benzene ring substituents is 2. The molecule has 0 unspecified atom stereocenters. The number of rotatable bonds is 3. The van der Waals surface area contributed by atoms with E-state index in [9.17, 15) is 20.2 Å². The Morgan fingerprint density at radius 2 is 1.93 bits per heavy atom. The molecular weight excluding hydrogens is 206 g/mol. The monoisotopic (exact) mass is 211 g/mol. The lowest BCUT2D eigenvalue weighted by molar-refractivity contribution is -0.422. The first-order valence-corrected chi connectivity index (χ1v) is 3.67. The quantitative estimate of drug-likeness (QED) is 0.349. The summed E-state index contributed by atoms with van der Waals surface area (Å²) in [5.74, 6) is 0. The van der Waals surface area contributed by atoms with Gasteiger partial charge in [-0.3, -0.25) is 20.2 Å². The van der Waals surface area contributed by atoms with Crippen molar-refractivity contribution >= 4 is 17.6 Å². The number of para-hydroxylation sites is 1. The first-order chi connectivity index (χ1) is 7.07. The Bertz CT molecular complexity index is 442. The van der Waals surface area contributed by atoms with Crippen molar-refractivity contribution in [2.24, 2.45) is 5.16 Å². The zero-order chi connectivity index (χ0) is 11.4. The van der Waals surface area contributed by atoms with E-state index >= 15 is 0 Å². The predicted octanol–water partition coefficient (Wildman–Crippen LogP) is 1.31. The SMILES string of the molecule is O=[N+]([O-])c1cccc(C=NO)c1[N+](=O)[O-]. The Balaban J connectivity index is 3.48. The second kappa shape index (κ2) is 4.13. The van der Waals surface area contributed by atoms with Gasteiger partial charge in [-0.15, -0.1) is 0 Å². The average Bonchev–Trinajstić information content (AvgIpc) is 2.17. The molecular formula is C7H5N3O5. The fourth-order valence-electron chi connectivity index (χ4n) is 1.06. The maximum Gasteiger partial charge on any atom is 0.354 e. The number of benzene rings is 1. The topological polar surface area (TPSA) is 119 Å². The standard InChI is InChI=1S/C7H5N3O5/c11-8-4-5-2-1-3-6(9(12)13)7(5)10(14)15/h1-4,11H. The van der Waals surface area contributed by atoms with Crippen molar-refractivity contribution in [1.82, 2.24) is 0 Å². The van der Waals surface area contributed by atoms with E-state index in [0.29, 0.717) is 0 Å². The van der Waals surface area contributed by atoms with Gasteiger partial charge >= 0.3 is 11.4 Å². The van der Waals surface area contributed by atoms with E-state index in [4.69, 9.17) is 5.21 Å². The van der Waals surface area contributed by atoms with Gasteiger partial charge < -0.3 is 5.21 Å². The lowest BCUT2D eigenvalue weighted by Gasteiger charge is -1.97. The zero-order valence-electron chi connectivity index (χ0n) is 7.23. The van der Waals surface area contributed by atoms with E-state index in [2.05, 4.69) is 5.16 Å². The van der Waals surface area contributed by atoms with Crippen LogP contribution in [-0.2, 0) is 0 Å². The molecule has 15 heavy (non-hydrogen) atoms. The predicted molar refractivity (Wildman–Crippen MR) is 49.1 cm³/mol. The maximum atomic E-state index is 10.6. The van der Waals surface area contributed by atoms with Crippen molar-refractivity contribution < 1.29 is 15.1 Å². The van der Waals surface area contributed by atoms with Gasteiger partial charge in [0.2, 0.25) is 0 Å². The van der Waals surface area contributed by atoms with Crippen LogP contribution in [0.3, 0.4) is 0 Å². The largest absolute Gasteiger partial charge is 0.411 e. The number of nitro groups is 2. The zero-order valence-corrected chi connectivity index (χ0v) is 7.23. The van der Waals surface area contributed by atoms with Crippen LogP contribution in [0.25, 0.3) is 0 Å². The second-order valence-corrected chi connectivity index (χ2v) is 2.47. The van der Waals surface area contributed by atoms with Crippen molar-refractivity contribution in [2.45, 2.75) is 0 Å². The van der Waals surface area contributed by atoms with Gasteiger partial charge in [-0.2, -0.15) is 0 Å². The average molecular weight is 211 g/mol. The number of hydrogen-bond donors (Lipinski definition) is 1. The molecule has 0 amide bonds. The molecule has 1 rings (SSSR count). The highest BCUT2D eigenvalue weighted by Crippen LogP contribution is 2.29. The molecule has 78 valence electrons. The van der Waals surface area contributed by atoms with Crippen LogP contribution in [0.4, 0.5) is 11.4 Å². The molecule has 0 aliphatic heterocycles. The molecule has 0 atom stereocenters. The first kappa shape index (κ1) is 10.6. The molecule has 0 saturated carbocycles. The van der Waals surface area contributed by atoms with Crippen molar-refractivity contribution in [3.05, 3.63) is 44.0 Å². The van der Waals surface area contributed by atoms with Gasteiger partial charge in [-0.25, -0.2) is 0 Å². The summed E-state index contributed by atoms with van der Waals surface area (Å²) in [5.41, 5.74) is -1.46. The second-order valence-electron chi connectivity index (χ2n) is 2.47. The van der Waals surface area contributed by atoms with E-state index in [1.54, 1.807) is 0 Å². The van der Waals surface area contributed by atoms with Crippen LogP contribution >= 0.6 is 0 Å². The summed E-state index contributed by atoms with van der Waals surface area (Å²) in [6.45, 7) is 0. The molecule has 0 aromatic heterocycles. The molecule has 1 N–H and O–H groups in total. The van der Waals surface area contributed by atoms with E-state index in [-0.39, 0.29) is 5.56 Å². The van der Waals surface area contributed by atoms with E-state index in [1.165, 1.54) is 12.1 Å². The summed E-state index contributed by atoms with van der Waals surface area (Å²) in [7, 11) is 0. The van der Waals surface area contributed by atoms with Crippen LogP contribution in [-0.4, -0.2) is 21.3 Å². The van der Waals surface area contributed by atoms with Crippen LogP contribution in [0.5, 0.6) is 0 Å². The number of nitrogens with zero attached hydrogens (tertiary/aromatic N) is 3. The summed E-state index contributed by atoms with van der Waals surface area (Å²) < 4.78 is 0. The Hall–Kier alpha value is -2.51. The molecule has 0 aliphatic rings. The smallest absolute Gasteiger partial charge is 0.354 e. The fraction of sp³-hybridized carbons (Fsp3) is 0. The molecule has 8 nitrogen and oxygen atoms in total. The van der Waals surface area contributed by atoms with Gasteiger partial charge in [-0.05, 0) is 6.07 Å². The van der Waals surface area contributed by atoms with Crippen LogP contribution in [0.2, 0.25) is 0 Å². The highest BCUT2D eigenvalue weighted by Gasteiger charge is 2.27. The summed E-state index contributed by atoms with van der Waals surface area (Å²) in [6.07, 6.45) is 0.769. The summed E-state index contributed by atoms with van der Waals surface area (Å²) in [5, 5.41) is 31.9. The summed E-state index contributed by atoms with van der Waals surface area (Å²) >= 11 is 0. The van der Waals surface area contributed by atoms with E-state index in [1.807, 2.05) is 0 Å². The summed E-state index contributed by atoms with van der Waals surface area (Å²) in [6, 6.07) is 3.51. The van der Waals surface area contributed by atoms with Gasteiger partial charge in [0, 0.05) is 6.07 Å². The lowest BCUT2D eigenvalue weighted by Crippen LogP contribution is -2.00. The Labute approximate surface area is 82.7 Å². The number of hydrogen-bond acceptors (Lipinski definition) is 6. The van der Waals surface area contributed by atoms with E-state index < -0.39 is 21.2 Å². The van der Waals surface area contributed by atoms with Crippen LogP contribution in [0.15, 0.2) is 23.4 Å². The minimum absolute atomic E-state index is 0.128. The van der Waals surface area contributed by atoms with Gasteiger partial charge in [0.25, 0.3) is 0 Å². The lowest BCUT2D eigenvalue weighted by atomic mass is 10.1. The Morgan fingerprint density at radius 1 is 1.27 bits per heavy atom. The van der Waals surface area contributed by atoms with Crippen LogP contribution < -0.4 is 0 Å². The highest BCUT2D eigenvalue weighted by atomic mass is 16.6. The molecule has 0 aliphatic carbocycles. The minimum atomic E-state index is -0.894. The third kappa shape index (κ3) is 2.05. The van der Waals surface area contributed by atoms with E-state index in [0.717, 1.165) is 12.3 Å². The maximum absolute atomic E-state index is 10.6. The van der Waals surface area contributed by atoms with Gasteiger partial charge in [0.15, 0.2) is 0 Å². The molecule has 0 bridgehead atoms. The number of oxime groups is 1. The van der Waals surface area contributed by atoms with Gasteiger partial charge in [0.1, 0.15) is 0 Å². The van der Waals surface area contributed by atoms with Crippen molar-refractivity contribution in [3.63, 3.8) is 0 Å². The molecule has 1 aromatic rings. The molecule has 1 aromatic carbocycles. The third-order valence-corrected chi connectivity index (χ3v) is 1.62. The van der Waals surface area contributed by atoms with Crippen LogP contribution in [0.1, 0.15) is 5.56 Å².